The Labute approximate surface area is 222 Å². The van der Waals surface area contributed by atoms with Gasteiger partial charge in [-0.25, -0.2) is 0 Å². The largest absolute Gasteiger partial charge is 0.454 e. The molecule has 1 aromatic carbocycles. The van der Waals surface area contributed by atoms with Crippen LogP contribution in [0.4, 0.5) is 0 Å². The third-order valence-electron chi connectivity index (χ3n) is 9.97. The molecular weight excluding hydrogens is 492 g/mol. The third kappa shape index (κ3) is 3.52. The first-order valence-corrected chi connectivity index (χ1v) is 13.2. The van der Waals surface area contributed by atoms with Crippen molar-refractivity contribution in [1.29, 1.82) is 0 Å². The van der Waals surface area contributed by atoms with Gasteiger partial charge in [0, 0.05) is 31.1 Å². The summed E-state index contributed by atoms with van der Waals surface area (Å²) in [6.07, 6.45) is -6.18. The van der Waals surface area contributed by atoms with E-state index < -0.39 is 70.2 Å². The van der Waals surface area contributed by atoms with Gasteiger partial charge in [-0.15, -0.1) is 0 Å². The SMILES string of the molecule is CC(=O)O[C@@]12COC1C[C@H](O)[C@@]1(C)C(=O)[C@H](O)C3=C(C)[C@@H](O)C[C@@](O)([C@@H](OCc4ccccc4)C21)C3(C)C. The fourth-order valence-corrected chi connectivity index (χ4v) is 7.73. The lowest BCUT2D eigenvalue weighted by atomic mass is 9.44. The number of carbonyl (C=O) groups excluding carboxylic acids is 2. The number of ketones is 1. The first kappa shape index (κ1) is 27.4. The number of carbonyl (C=O) groups is 2. The maximum atomic E-state index is 14.3. The lowest BCUT2D eigenvalue weighted by Gasteiger charge is -2.67. The normalized spacial score (nSPS) is 43.8. The molecule has 0 radical (unpaired) electrons. The summed E-state index contributed by atoms with van der Waals surface area (Å²) in [7, 11) is 0. The molecule has 1 aromatic rings. The smallest absolute Gasteiger partial charge is 0.303 e. The maximum Gasteiger partial charge on any atom is 0.303 e. The fourth-order valence-electron chi connectivity index (χ4n) is 7.73. The Morgan fingerprint density at radius 2 is 1.79 bits per heavy atom. The van der Waals surface area contributed by atoms with E-state index in [0.29, 0.717) is 5.57 Å². The van der Waals surface area contributed by atoms with E-state index in [9.17, 15) is 30.0 Å². The molecule has 2 bridgehead atoms. The number of ether oxygens (including phenoxy) is 3. The molecule has 1 saturated heterocycles. The van der Waals surface area contributed by atoms with Gasteiger partial charge in [0.05, 0.1) is 36.9 Å². The minimum Gasteiger partial charge on any atom is -0.454 e. The number of benzene rings is 1. The molecule has 9 heteroatoms. The molecule has 0 aromatic heterocycles. The van der Waals surface area contributed by atoms with Crippen molar-refractivity contribution in [2.75, 3.05) is 6.61 Å². The molecule has 3 aliphatic carbocycles. The predicted molar refractivity (Wildman–Crippen MR) is 135 cm³/mol. The fraction of sp³-hybridized carbons (Fsp3) is 0.655. The highest BCUT2D eigenvalue weighted by atomic mass is 16.6. The van der Waals surface area contributed by atoms with Gasteiger partial charge in [-0.1, -0.05) is 44.2 Å². The van der Waals surface area contributed by atoms with Crippen molar-refractivity contribution < 1.29 is 44.2 Å². The highest BCUT2D eigenvalue weighted by Crippen LogP contribution is 2.63. The summed E-state index contributed by atoms with van der Waals surface area (Å²) in [6, 6.07) is 9.31. The molecule has 2 unspecified atom stereocenters. The lowest BCUT2D eigenvalue weighted by molar-refractivity contribution is -0.351. The van der Waals surface area contributed by atoms with Crippen LogP contribution < -0.4 is 0 Å². The van der Waals surface area contributed by atoms with Crippen LogP contribution in [0.15, 0.2) is 41.5 Å². The van der Waals surface area contributed by atoms with Crippen LogP contribution in [0.25, 0.3) is 0 Å². The summed E-state index contributed by atoms with van der Waals surface area (Å²) < 4.78 is 18.3. The van der Waals surface area contributed by atoms with Gasteiger partial charge in [-0.05, 0) is 30.6 Å². The standard InChI is InChI=1S/C29H38O9/c1-15-18(31)12-29(35)25(36-13-17-9-7-6-8-10-17)23-27(5,24(34)22(33)21(15)26(29,3)4)19(32)11-20-28(23,14-37-20)38-16(2)30/h6-10,18-20,22-23,25,31-33,35H,11-14H2,1-5H3/t18-,19-,20?,22+,23?,25-,27+,28-,29+/m0/s1. The van der Waals surface area contributed by atoms with Crippen LogP contribution in [0.2, 0.25) is 0 Å². The second-order valence-electron chi connectivity index (χ2n) is 12.2. The molecule has 1 aliphatic heterocycles. The van der Waals surface area contributed by atoms with Crippen molar-refractivity contribution in [2.45, 2.75) is 95.8 Å². The molecule has 4 N–H and O–H groups in total. The summed E-state index contributed by atoms with van der Waals surface area (Å²) >= 11 is 0. The van der Waals surface area contributed by atoms with Crippen molar-refractivity contribution in [2.24, 2.45) is 16.7 Å². The molecule has 38 heavy (non-hydrogen) atoms. The summed E-state index contributed by atoms with van der Waals surface area (Å²) in [5.41, 5.74) is -4.67. The van der Waals surface area contributed by atoms with E-state index in [4.69, 9.17) is 14.2 Å². The summed E-state index contributed by atoms with van der Waals surface area (Å²) in [6.45, 7) is 7.91. The minimum absolute atomic E-state index is 0.00657. The average Bonchev–Trinajstić information content (AvgIpc) is 2.85. The molecule has 9 atom stereocenters. The number of aliphatic hydroxyl groups is 4. The van der Waals surface area contributed by atoms with Gasteiger partial charge in [-0.3, -0.25) is 9.59 Å². The molecule has 2 saturated carbocycles. The van der Waals surface area contributed by atoms with Crippen LogP contribution >= 0.6 is 0 Å². The molecule has 3 fully saturated rings. The first-order valence-electron chi connectivity index (χ1n) is 13.2. The molecule has 4 aliphatic rings. The van der Waals surface area contributed by atoms with Crippen molar-refractivity contribution in [1.82, 2.24) is 0 Å². The van der Waals surface area contributed by atoms with Crippen LogP contribution in [-0.2, 0) is 30.4 Å². The minimum atomic E-state index is -1.83. The molecular formula is C29H38O9. The van der Waals surface area contributed by atoms with Crippen LogP contribution in [0.5, 0.6) is 0 Å². The van der Waals surface area contributed by atoms with Gasteiger partial charge < -0.3 is 34.6 Å². The summed E-state index contributed by atoms with van der Waals surface area (Å²) in [5.74, 6) is -2.36. The van der Waals surface area contributed by atoms with E-state index in [1.54, 1.807) is 27.7 Å². The van der Waals surface area contributed by atoms with E-state index in [2.05, 4.69) is 0 Å². The highest BCUT2D eigenvalue weighted by molar-refractivity contribution is 5.93. The zero-order chi connectivity index (χ0) is 27.8. The van der Waals surface area contributed by atoms with Gasteiger partial charge in [0.1, 0.15) is 17.8 Å². The zero-order valence-corrected chi connectivity index (χ0v) is 22.5. The molecule has 0 spiro atoms. The molecule has 1 heterocycles. The Morgan fingerprint density at radius 1 is 1.13 bits per heavy atom. The van der Waals surface area contributed by atoms with E-state index in [1.165, 1.54) is 6.92 Å². The lowest BCUT2D eigenvalue weighted by Crippen LogP contribution is -2.81. The summed E-state index contributed by atoms with van der Waals surface area (Å²) in [4.78, 5) is 26.7. The number of fused-ring (bicyclic) bond motifs is 5. The van der Waals surface area contributed by atoms with Gasteiger partial charge in [0.2, 0.25) is 0 Å². The Balaban J connectivity index is 1.78. The van der Waals surface area contributed by atoms with Crippen molar-refractivity contribution in [3.63, 3.8) is 0 Å². The Bertz CT molecular complexity index is 1160. The monoisotopic (exact) mass is 530 g/mol. The number of Topliss-reactive ketones (excluding diaryl/α,β-unsaturated/α-hetero) is 1. The number of rotatable bonds is 4. The predicted octanol–water partition coefficient (Wildman–Crippen LogP) is 1.44. The van der Waals surface area contributed by atoms with E-state index in [1.807, 2.05) is 30.3 Å². The van der Waals surface area contributed by atoms with Crippen LogP contribution in [0.3, 0.4) is 0 Å². The van der Waals surface area contributed by atoms with Crippen molar-refractivity contribution in [3.8, 4) is 0 Å². The van der Waals surface area contributed by atoms with Gasteiger partial charge >= 0.3 is 5.97 Å². The highest BCUT2D eigenvalue weighted by Gasteiger charge is 2.77. The average molecular weight is 531 g/mol. The van der Waals surface area contributed by atoms with E-state index in [0.717, 1.165) is 5.56 Å². The number of hydrogen-bond donors (Lipinski definition) is 4. The topological polar surface area (TPSA) is 143 Å². The van der Waals surface area contributed by atoms with Gasteiger partial charge in [0.25, 0.3) is 0 Å². The third-order valence-corrected chi connectivity index (χ3v) is 9.97. The van der Waals surface area contributed by atoms with Crippen molar-refractivity contribution in [3.05, 3.63) is 47.0 Å². The second kappa shape index (κ2) is 8.94. The second-order valence-corrected chi connectivity index (χ2v) is 12.2. The number of aliphatic hydroxyl groups excluding tert-OH is 3. The van der Waals surface area contributed by atoms with Gasteiger partial charge in [-0.2, -0.15) is 0 Å². The number of hydrogen-bond acceptors (Lipinski definition) is 9. The number of esters is 1. The molecule has 208 valence electrons. The zero-order valence-electron chi connectivity index (χ0n) is 22.5. The van der Waals surface area contributed by atoms with Crippen LogP contribution in [0.1, 0.15) is 53.0 Å². The van der Waals surface area contributed by atoms with Crippen LogP contribution in [-0.4, -0.2) is 80.5 Å². The van der Waals surface area contributed by atoms with E-state index in [-0.39, 0.29) is 31.6 Å². The first-order chi connectivity index (χ1) is 17.7. The quantitative estimate of drug-likeness (QED) is 0.336. The van der Waals surface area contributed by atoms with Crippen LogP contribution in [0, 0.1) is 16.7 Å². The maximum absolute atomic E-state index is 14.3. The summed E-state index contributed by atoms with van der Waals surface area (Å²) in [5, 5.41) is 46.8. The van der Waals surface area contributed by atoms with Crippen molar-refractivity contribution >= 4 is 11.8 Å². The molecule has 5 rings (SSSR count). The Kier molecular flexibility index (Phi) is 6.45. The Hall–Kier alpha value is -2.14. The Morgan fingerprint density at radius 3 is 2.37 bits per heavy atom. The molecule has 0 amide bonds. The van der Waals surface area contributed by atoms with E-state index >= 15 is 0 Å². The van der Waals surface area contributed by atoms with Gasteiger partial charge in [0.15, 0.2) is 11.4 Å². The molecule has 9 nitrogen and oxygen atoms in total.